The molecule has 0 atom stereocenters. The maximum atomic E-state index is 12.7. The molecule has 0 saturated carbocycles. The Morgan fingerprint density at radius 1 is 0.944 bits per heavy atom. The third kappa shape index (κ3) is 2.78. The minimum Gasteiger partial charge on any atom is -0.290 e. The maximum absolute atomic E-state index is 12.7. The summed E-state index contributed by atoms with van der Waals surface area (Å²) in [6, 6.07) is 4.36. The van der Waals surface area contributed by atoms with Crippen molar-refractivity contribution in [1.82, 2.24) is 0 Å². The SMILES string of the molecule is O=C1C=CC(=NS(=O)(=O)c2ccc(F)cc2)C=C1. The lowest BCUT2D eigenvalue weighted by molar-refractivity contribution is -0.110. The summed E-state index contributed by atoms with van der Waals surface area (Å²) in [6.07, 6.45) is 5.06. The van der Waals surface area contributed by atoms with Crippen LogP contribution in [-0.2, 0) is 14.8 Å². The fourth-order valence-corrected chi connectivity index (χ4v) is 2.29. The second-order valence-corrected chi connectivity index (χ2v) is 5.12. The number of carbonyl (C=O) groups excluding carboxylic acids is 1. The molecule has 92 valence electrons. The Balaban J connectivity index is 2.36. The number of sulfonamides is 1. The number of rotatable bonds is 2. The monoisotopic (exact) mass is 265 g/mol. The minimum absolute atomic E-state index is 0.102. The van der Waals surface area contributed by atoms with Gasteiger partial charge < -0.3 is 0 Å². The van der Waals surface area contributed by atoms with Crippen molar-refractivity contribution in [2.45, 2.75) is 4.90 Å². The summed E-state index contributed by atoms with van der Waals surface area (Å²) in [5.74, 6) is -0.752. The van der Waals surface area contributed by atoms with E-state index < -0.39 is 15.8 Å². The van der Waals surface area contributed by atoms with Crippen LogP contribution in [0.3, 0.4) is 0 Å². The number of hydrogen-bond donors (Lipinski definition) is 0. The lowest BCUT2D eigenvalue weighted by Crippen LogP contribution is -2.04. The van der Waals surface area contributed by atoms with Gasteiger partial charge in [-0.2, -0.15) is 12.8 Å². The van der Waals surface area contributed by atoms with Crippen molar-refractivity contribution in [1.29, 1.82) is 0 Å². The summed E-state index contributed by atoms with van der Waals surface area (Å²) < 4.78 is 39.9. The first-order valence-corrected chi connectivity index (χ1v) is 6.42. The molecule has 0 radical (unpaired) electrons. The first kappa shape index (κ1) is 12.4. The van der Waals surface area contributed by atoms with E-state index >= 15 is 0 Å². The quantitative estimate of drug-likeness (QED) is 0.764. The van der Waals surface area contributed by atoms with E-state index in [0.29, 0.717) is 0 Å². The third-order valence-electron chi connectivity index (χ3n) is 2.17. The molecule has 0 heterocycles. The number of nitrogens with zero attached hydrogens (tertiary/aromatic N) is 1. The van der Waals surface area contributed by atoms with Gasteiger partial charge in [0.1, 0.15) is 5.82 Å². The predicted octanol–water partition coefficient (Wildman–Crippen LogP) is 1.65. The van der Waals surface area contributed by atoms with Crippen LogP contribution in [0, 0.1) is 5.82 Å². The van der Waals surface area contributed by atoms with Crippen molar-refractivity contribution in [3.05, 3.63) is 54.4 Å². The number of halogens is 1. The summed E-state index contributed by atoms with van der Waals surface area (Å²) in [4.78, 5) is 10.8. The first-order valence-electron chi connectivity index (χ1n) is 4.98. The van der Waals surface area contributed by atoms with Crippen LogP contribution in [0.4, 0.5) is 4.39 Å². The van der Waals surface area contributed by atoms with Gasteiger partial charge in [0.25, 0.3) is 10.0 Å². The van der Waals surface area contributed by atoms with Crippen LogP contribution in [-0.4, -0.2) is 19.9 Å². The van der Waals surface area contributed by atoms with Crippen molar-refractivity contribution in [3.63, 3.8) is 0 Å². The molecule has 0 fully saturated rings. The van der Waals surface area contributed by atoms with E-state index in [1.54, 1.807) is 0 Å². The molecule has 1 aliphatic carbocycles. The number of ketones is 1. The van der Waals surface area contributed by atoms with Crippen LogP contribution in [0.2, 0.25) is 0 Å². The molecule has 2 rings (SSSR count). The first-order chi connectivity index (χ1) is 8.47. The molecule has 1 aromatic carbocycles. The molecule has 0 unspecified atom stereocenters. The van der Waals surface area contributed by atoms with Gasteiger partial charge in [-0.05, 0) is 48.6 Å². The van der Waals surface area contributed by atoms with E-state index in [2.05, 4.69) is 4.40 Å². The second-order valence-electron chi connectivity index (χ2n) is 3.51. The second kappa shape index (κ2) is 4.66. The normalized spacial score (nSPS) is 14.9. The maximum Gasteiger partial charge on any atom is 0.282 e. The molecule has 1 aromatic rings. The Labute approximate surface area is 103 Å². The van der Waals surface area contributed by atoms with Gasteiger partial charge in [-0.3, -0.25) is 4.79 Å². The molecular formula is C12H8FNO3S. The fraction of sp³-hybridized carbons (Fsp3) is 0. The number of allylic oxidation sites excluding steroid dienone is 4. The van der Waals surface area contributed by atoms with E-state index in [4.69, 9.17) is 0 Å². The standard InChI is InChI=1S/C12H8FNO3S/c13-9-1-7-12(8-2-9)18(16,17)14-10-3-5-11(15)6-4-10/h1-8H. The highest BCUT2D eigenvalue weighted by atomic mass is 32.2. The van der Waals surface area contributed by atoms with Gasteiger partial charge in [-0.15, -0.1) is 0 Å². The molecule has 4 nitrogen and oxygen atoms in total. The lowest BCUT2D eigenvalue weighted by atomic mass is 10.2. The fourth-order valence-electron chi connectivity index (χ4n) is 1.31. The zero-order valence-electron chi connectivity index (χ0n) is 9.08. The molecule has 18 heavy (non-hydrogen) atoms. The summed E-state index contributed by atoms with van der Waals surface area (Å²) in [7, 11) is -3.89. The molecule has 0 N–H and O–H groups in total. The van der Waals surface area contributed by atoms with Gasteiger partial charge in [0.05, 0.1) is 10.6 Å². The lowest BCUT2D eigenvalue weighted by Gasteiger charge is -2.01. The largest absolute Gasteiger partial charge is 0.290 e. The average Bonchev–Trinajstić information content (AvgIpc) is 2.32. The molecule has 0 bridgehead atoms. The van der Waals surface area contributed by atoms with E-state index in [1.807, 2.05) is 0 Å². The Kier molecular flexibility index (Phi) is 3.20. The van der Waals surface area contributed by atoms with Gasteiger partial charge in [-0.25, -0.2) is 4.39 Å². The van der Waals surface area contributed by atoms with Crippen LogP contribution < -0.4 is 0 Å². The van der Waals surface area contributed by atoms with Crippen LogP contribution in [0.1, 0.15) is 0 Å². The summed E-state index contributed by atoms with van der Waals surface area (Å²) in [5.41, 5.74) is 0.152. The highest BCUT2D eigenvalue weighted by molar-refractivity contribution is 7.90. The van der Waals surface area contributed by atoms with Gasteiger partial charge in [0.15, 0.2) is 5.78 Å². The highest BCUT2D eigenvalue weighted by Gasteiger charge is 2.13. The minimum atomic E-state index is -3.89. The topological polar surface area (TPSA) is 63.6 Å². The number of benzene rings is 1. The van der Waals surface area contributed by atoms with Crippen LogP contribution in [0.5, 0.6) is 0 Å². The smallest absolute Gasteiger partial charge is 0.282 e. The van der Waals surface area contributed by atoms with E-state index in [1.165, 1.54) is 24.3 Å². The van der Waals surface area contributed by atoms with Crippen LogP contribution in [0.25, 0.3) is 0 Å². The zero-order valence-corrected chi connectivity index (χ0v) is 9.89. The summed E-state index contributed by atoms with van der Waals surface area (Å²) >= 11 is 0. The van der Waals surface area contributed by atoms with Crippen LogP contribution in [0.15, 0.2) is 57.9 Å². The Bertz CT molecular complexity index is 652. The van der Waals surface area contributed by atoms with E-state index in [0.717, 1.165) is 24.3 Å². The van der Waals surface area contributed by atoms with Crippen molar-refractivity contribution < 1.29 is 17.6 Å². The number of hydrogen-bond acceptors (Lipinski definition) is 3. The average molecular weight is 265 g/mol. The van der Waals surface area contributed by atoms with Crippen LogP contribution >= 0.6 is 0 Å². The highest BCUT2D eigenvalue weighted by Crippen LogP contribution is 2.14. The molecule has 0 saturated heterocycles. The van der Waals surface area contributed by atoms with Crippen molar-refractivity contribution >= 4 is 21.5 Å². The molecule has 0 amide bonds. The summed E-state index contributed by atoms with van der Waals surface area (Å²) in [6.45, 7) is 0. The van der Waals surface area contributed by atoms with Gasteiger partial charge in [0.2, 0.25) is 0 Å². The third-order valence-corrected chi connectivity index (χ3v) is 3.49. The molecular weight excluding hydrogens is 257 g/mol. The molecule has 0 aliphatic heterocycles. The molecule has 1 aliphatic rings. The van der Waals surface area contributed by atoms with Gasteiger partial charge in [0, 0.05) is 0 Å². The van der Waals surface area contributed by atoms with Crippen molar-refractivity contribution in [2.24, 2.45) is 4.40 Å². The zero-order chi connectivity index (χ0) is 13.2. The predicted molar refractivity (Wildman–Crippen MR) is 64.3 cm³/mol. The van der Waals surface area contributed by atoms with Crippen molar-refractivity contribution in [2.75, 3.05) is 0 Å². The van der Waals surface area contributed by atoms with Crippen molar-refractivity contribution in [3.8, 4) is 0 Å². The van der Waals surface area contributed by atoms with E-state index in [9.17, 15) is 17.6 Å². The summed E-state index contributed by atoms with van der Waals surface area (Å²) in [5, 5.41) is 0. The molecule has 0 aromatic heterocycles. The molecule has 0 spiro atoms. The Morgan fingerprint density at radius 3 is 2.06 bits per heavy atom. The Morgan fingerprint density at radius 2 is 1.50 bits per heavy atom. The van der Waals surface area contributed by atoms with Gasteiger partial charge in [-0.1, -0.05) is 0 Å². The Hall–Kier alpha value is -2.08. The van der Waals surface area contributed by atoms with E-state index in [-0.39, 0.29) is 16.4 Å². The molecule has 6 heteroatoms. The van der Waals surface area contributed by atoms with Gasteiger partial charge >= 0.3 is 0 Å². The number of carbonyl (C=O) groups is 1.